The number of fused-ring (bicyclic) bond motifs is 3. The Bertz CT molecular complexity index is 866. The Labute approximate surface area is 168 Å². The maximum atomic E-state index is 2.56. The van der Waals surface area contributed by atoms with Gasteiger partial charge in [0.05, 0.1) is 19.6 Å². The molecule has 0 spiro atoms. The van der Waals surface area contributed by atoms with Crippen molar-refractivity contribution in [3.8, 4) is 0 Å². The monoisotopic (exact) mass is 446 g/mol. The van der Waals surface area contributed by atoms with Crippen molar-refractivity contribution in [2.75, 3.05) is 13.6 Å². The number of hydrogen-bond donors (Lipinski definition) is 0. The van der Waals surface area contributed by atoms with E-state index in [9.17, 15) is 0 Å². The van der Waals surface area contributed by atoms with Crippen LogP contribution in [-0.2, 0) is 19.5 Å². The molecule has 0 bridgehead atoms. The molecular weight excluding hydrogens is 419 g/mol. The third kappa shape index (κ3) is 3.24. The molecule has 1 unspecified atom stereocenters. The predicted molar refractivity (Wildman–Crippen MR) is 101 cm³/mol. The van der Waals surface area contributed by atoms with Gasteiger partial charge < -0.3 is 33.0 Å². The molecule has 2 heterocycles. The summed E-state index contributed by atoms with van der Waals surface area (Å²) in [5.74, 6) is 0. The van der Waals surface area contributed by atoms with Crippen molar-refractivity contribution < 1.29 is 28.5 Å². The average molecular weight is 446 g/mol. The molecule has 0 saturated carbocycles. The van der Waals surface area contributed by atoms with Gasteiger partial charge in [0.15, 0.2) is 0 Å². The lowest BCUT2D eigenvalue weighted by Crippen LogP contribution is -3.00. The van der Waals surface area contributed by atoms with Crippen LogP contribution in [0.2, 0.25) is 0 Å². The quantitative estimate of drug-likeness (QED) is 0.426. The molecule has 0 N–H and O–H groups in total. The van der Waals surface area contributed by atoms with Crippen molar-refractivity contribution in [1.82, 2.24) is 4.57 Å². The zero-order chi connectivity index (χ0) is 16.7. The van der Waals surface area contributed by atoms with Gasteiger partial charge in [0, 0.05) is 35.1 Å². The second kappa shape index (κ2) is 7.12. The van der Waals surface area contributed by atoms with E-state index in [2.05, 4.69) is 80.1 Å². The van der Waals surface area contributed by atoms with Gasteiger partial charge in [0.1, 0.15) is 6.54 Å². The maximum Gasteiger partial charge on any atom is 0.107 e. The number of para-hydroxylation sites is 1. The van der Waals surface area contributed by atoms with E-state index in [1.807, 2.05) is 0 Å². The van der Waals surface area contributed by atoms with Gasteiger partial charge in [0.2, 0.25) is 0 Å². The summed E-state index contributed by atoms with van der Waals surface area (Å²) in [6, 6.07) is 20.5. The normalized spacial score (nSPS) is 19.7. The lowest BCUT2D eigenvalue weighted by molar-refractivity contribution is -0.944. The lowest BCUT2D eigenvalue weighted by Gasteiger charge is -2.41. The molecule has 1 atom stereocenters. The number of aromatic nitrogens is 1. The molecule has 1 aliphatic rings. The summed E-state index contributed by atoms with van der Waals surface area (Å²) in [4.78, 5) is 0. The van der Waals surface area contributed by atoms with Crippen LogP contribution >= 0.6 is 0 Å². The zero-order valence-electron chi connectivity index (χ0n) is 15.4. The van der Waals surface area contributed by atoms with Crippen LogP contribution in [0.15, 0.2) is 54.6 Å². The zero-order valence-corrected chi connectivity index (χ0v) is 17.5. The second-order valence-corrected chi connectivity index (χ2v) is 7.72. The highest BCUT2D eigenvalue weighted by atomic mass is 127. The van der Waals surface area contributed by atoms with Crippen molar-refractivity contribution in [3.63, 3.8) is 0 Å². The molecular formula is C22H27IN2. The minimum Gasteiger partial charge on any atom is -1.00 e. The number of likely N-dealkylation sites (N-methyl/N-ethyl adjacent to an activating group) is 1. The number of halogens is 1. The van der Waals surface area contributed by atoms with Crippen molar-refractivity contribution in [1.29, 1.82) is 0 Å². The summed E-state index contributed by atoms with van der Waals surface area (Å²) >= 11 is 0. The van der Waals surface area contributed by atoms with E-state index in [1.54, 1.807) is 11.3 Å². The number of hydrogen-bond acceptors (Lipinski definition) is 0. The molecule has 1 aromatic heterocycles. The van der Waals surface area contributed by atoms with Crippen LogP contribution in [0.3, 0.4) is 0 Å². The molecule has 2 aromatic carbocycles. The van der Waals surface area contributed by atoms with E-state index < -0.39 is 0 Å². The van der Waals surface area contributed by atoms with Crippen LogP contribution < -0.4 is 24.0 Å². The van der Waals surface area contributed by atoms with Gasteiger partial charge >= 0.3 is 0 Å². The summed E-state index contributed by atoms with van der Waals surface area (Å²) in [6.07, 6.45) is 1.17. The van der Waals surface area contributed by atoms with E-state index in [0.29, 0.717) is 6.04 Å². The van der Waals surface area contributed by atoms with E-state index in [1.165, 1.54) is 29.4 Å². The Hall–Kier alpha value is -1.33. The Morgan fingerprint density at radius 1 is 1.00 bits per heavy atom. The Kier molecular flexibility index (Phi) is 5.26. The molecule has 25 heavy (non-hydrogen) atoms. The van der Waals surface area contributed by atoms with Crippen LogP contribution in [0.4, 0.5) is 0 Å². The summed E-state index contributed by atoms with van der Waals surface area (Å²) in [6.45, 7) is 8.06. The molecule has 2 nitrogen and oxygen atoms in total. The fourth-order valence-corrected chi connectivity index (χ4v) is 4.08. The van der Waals surface area contributed by atoms with Crippen LogP contribution in [0.1, 0.15) is 30.7 Å². The lowest BCUT2D eigenvalue weighted by atomic mass is 10.0. The van der Waals surface area contributed by atoms with Gasteiger partial charge in [-0.2, -0.15) is 0 Å². The highest BCUT2D eigenvalue weighted by Gasteiger charge is 2.34. The van der Waals surface area contributed by atoms with Crippen LogP contribution in [0.5, 0.6) is 0 Å². The molecule has 1 aliphatic heterocycles. The van der Waals surface area contributed by atoms with Crippen molar-refractivity contribution >= 4 is 10.9 Å². The van der Waals surface area contributed by atoms with Crippen LogP contribution in [0, 0.1) is 0 Å². The third-order valence-corrected chi connectivity index (χ3v) is 6.00. The summed E-state index contributed by atoms with van der Waals surface area (Å²) in [7, 11) is 2.41. The molecule has 0 fully saturated rings. The standard InChI is InChI=1S/C22H27N2.HI/c1-17(2)24(3)14-13-22-20(16-24)19-11-7-8-12-21(19)23(22)15-18-9-5-4-6-10-18;/h4-12,17H,13-16H2,1-3H3;1H/q+1;/p-1. The van der Waals surface area contributed by atoms with E-state index >= 15 is 0 Å². The Balaban J connectivity index is 0.00000182. The number of quaternary nitrogens is 1. The maximum absolute atomic E-state index is 2.56. The van der Waals surface area contributed by atoms with Gasteiger partial charge in [-0.25, -0.2) is 0 Å². The summed E-state index contributed by atoms with van der Waals surface area (Å²) in [5, 5.41) is 1.45. The van der Waals surface area contributed by atoms with E-state index in [4.69, 9.17) is 0 Å². The Morgan fingerprint density at radius 2 is 1.68 bits per heavy atom. The van der Waals surface area contributed by atoms with E-state index in [-0.39, 0.29) is 24.0 Å². The largest absolute Gasteiger partial charge is 1.00 e. The first-order valence-electron chi connectivity index (χ1n) is 9.05. The number of rotatable bonds is 3. The summed E-state index contributed by atoms with van der Waals surface area (Å²) in [5.41, 5.74) is 5.90. The minimum absolute atomic E-state index is 0. The van der Waals surface area contributed by atoms with Crippen LogP contribution in [0.25, 0.3) is 10.9 Å². The molecule has 0 radical (unpaired) electrons. The van der Waals surface area contributed by atoms with Crippen molar-refractivity contribution in [2.45, 2.75) is 39.4 Å². The van der Waals surface area contributed by atoms with Gasteiger partial charge in [-0.3, -0.25) is 0 Å². The average Bonchev–Trinajstić information content (AvgIpc) is 2.89. The first kappa shape index (κ1) is 18.5. The predicted octanol–water partition coefficient (Wildman–Crippen LogP) is 1.60. The first-order valence-corrected chi connectivity index (χ1v) is 9.05. The number of benzene rings is 2. The van der Waals surface area contributed by atoms with Gasteiger partial charge in [-0.15, -0.1) is 0 Å². The topological polar surface area (TPSA) is 4.93 Å². The smallest absolute Gasteiger partial charge is 0.107 e. The molecule has 0 aliphatic carbocycles. The fraction of sp³-hybridized carbons (Fsp3) is 0.364. The molecule has 4 rings (SSSR count). The Morgan fingerprint density at radius 3 is 2.40 bits per heavy atom. The van der Waals surface area contributed by atoms with Crippen molar-refractivity contribution in [3.05, 3.63) is 71.4 Å². The number of nitrogens with zero attached hydrogens (tertiary/aromatic N) is 2. The molecule has 3 aromatic rings. The van der Waals surface area contributed by atoms with Gasteiger partial charge in [0.25, 0.3) is 0 Å². The second-order valence-electron chi connectivity index (χ2n) is 7.72. The van der Waals surface area contributed by atoms with E-state index in [0.717, 1.165) is 17.6 Å². The SMILES string of the molecule is CC(C)[N+]1(C)CCc2c(c3ccccc3n2Cc2ccccc2)C1.[I-]. The van der Waals surface area contributed by atoms with Gasteiger partial charge in [-0.05, 0) is 25.5 Å². The van der Waals surface area contributed by atoms with Crippen molar-refractivity contribution in [2.24, 2.45) is 0 Å². The molecule has 0 amide bonds. The molecule has 0 saturated heterocycles. The third-order valence-electron chi connectivity index (χ3n) is 6.00. The summed E-state index contributed by atoms with van der Waals surface area (Å²) < 4.78 is 3.70. The highest BCUT2D eigenvalue weighted by Crippen LogP contribution is 2.34. The first-order chi connectivity index (χ1) is 11.6. The van der Waals surface area contributed by atoms with Crippen LogP contribution in [-0.4, -0.2) is 28.7 Å². The van der Waals surface area contributed by atoms with Gasteiger partial charge in [-0.1, -0.05) is 48.5 Å². The fourth-order valence-electron chi connectivity index (χ4n) is 4.08. The minimum atomic E-state index is 0. The molecule has 132 valence electrons. The molecule has 3 heteroatoms. The highest BCUT2D eigenvalue weighted by molar-refractivity contribution is 5.85.